The SMILES string of the molecule is CCOC(=O)Nc1ccc(-c2nnc(N(C)c3ccc(F)cc3)n2C)c(OC)c1. The van der Waals surface area contributed by atoms with Crippen LogP contribution < -0.4 is 15.0 Å². The molecule has 0 atom stereocenters. The van der Waals surface area contributed by atoms with E-state index in [1.807, 2.05) is 14.1 Å². The summed E-state index contributed by atoms with van der Waals surface area (Å²) in [5, 5.41) is 11.2. The van der Waals surface area contributed by atoms with Crippen LogP contribution in [-0.2, 0) is 11.8 Å². The van der Waals surface area contributed by atoms with E-state index < -0.39 is 6.09 Å². The quantitative estimate of drug-likeness (QED) is 0.676. The number of amides is 1. The first-order chi connectivity index (χ1) is 13.9. The molecular weight excluding hydrogens is 377 g/mol. The third kappa shape index (κ3) is 4.29. The van der Waals surface area contributed by atoms with E-state index in [9.17, 15) is 9.18 Å². The van der Waals surface area contributed by atoms with Crippen LogP contribution in [0.5, 0.6) is 5.75 Å². The Morgan fingerprint density at radius 1 is 1.21 bits per heavy atom. The van der Waals surface area contributed by atoms with Crippen LogP contribution >= 0.6 is 0 Å². The van der Waals surface area contributed by atoms with E-state index in [0.29, 0.717) is 28.8 Å². The fourth-order valence-electron chi connectivity index (χ4n) is 2.87. The summed E-state index contributed by atoms with van der Waals surface area (Å²) in [6.07, 6.45) is -0.538. The zero-order chi connectivity index (χ0) is 21.0. The van der Waals surface area contributed by atoms with Gasteiger partial charge in [-0.15, -0.1) is 10.2 Å². The van der Waals surface area contributed by atoms with Gasteiger partial charge >= 0.3 is 6.09 Å². The molecule has 3 aromatic rings. The largest absolute Gasteiger partial charge is 0.496 e. The van der Waals surface area contributed by atoms with E-state index in [1.54, 1.807) is 46.7 Å². The van der Waals surface area contributed by atoms with Crippen molar-refractivity contribution in [2.45, 2.75) is 6.92 Å². The molecule has 9 heteroatoms. The molecule has 0 aliphatic heterocycles. The first kappa shape index (κ1) is 20.1. The van der Waals surface area contributed by atoms with Gasteiger partial charge in [-0.25, -0.2) is 9.18 Å². The van der Waals surface area contributed by atoms with Gasteiger partial charge in [-0.3, -0.25) is 9.88 Å². The molecule has 29 heavy (non-hydrogen) atoms. The van der Waals surface area contributed by atoms with Gasteiger partial charge in [-0.1, -0.05) is 0 Å². The molecule has 0 radical (unpaired) electrons. The van der Waals surface area contributed by atoms with Crippen molar-refractivity contribution >= 4 is 23.4 Å². The zero-order valence-corrected chi connectivity index (χ0v) is 16.6. The molecule has 0 aliphatic carbocycles. The lowest BCUT2D eigenvalue weighted by Gasteiger charge is -2.18. The number of aromatic nitrogens is 3. The second-order valence-corrected chi connectivity index (χ2v) is 6.18. The standard InChI is InChI=1S/C20H22FN5O3/c1-5-29-20(27)22-14-8-11-16(17(12-14)28-4)18-23-24-19(26(18)3)25(2)15-9-6-13(21)7-10-15/h6-12H,5H2,1-4H3,(H,22,27). The fourth-order valence-corrected chi connectivity index (χ4v) is 2.87. The highest BCUT2D eigenvalue weighted by Crippen LogP contribution is 2.33. The molecule has 2 aromatic carbocycles. The van der Waals surface area contributed by atoms with Crippen molar-refractivity contribution in [3.63, 3.8) is 0 Å². The van der Waals surface area contributed by atoms with E-state index in [0.717, 1.165) is 5.69 Å². The highest BCUT2D eigenvalue weighted by molar-refractivity contribution is 5.86. The minimum atomic E-state index is -0.538. The lowest BCUT2D eigenvalue weighted by molar-refractivity contribution is 0.168. The second-order valence-electron chi connectivity index (χ2n) is 6.18. The molecule has 0 saturated carbocycles. The first-order valence-corrected chi connectivity index (χ1v) is 8.95. The highest BCUT2D eigenvalue weighted by atomic mass is 19.1. The summed E-state index contributed by atoms with van der Waals surface area (Å²) in [6.45, 7) is 2.02. The number of carbonyl (C=O) groups excluding carboxylic acids is 1. The van der Waals surface area contributed by atoms with Crippen molar-refractivity contribution < 1.29 is 18.7 Å². The molecule has 0 aliphatic rings. The molecule has 0 unspecified atom stereocenters. The Morgan fingerprint density at radius 2 is 1.93 bits per heavy atom. The third-order valence-electron chi connectivity index (χ3n) is 4.33. The van der Waals surface area contributed by atoms with Crippen LogP contribution in [-0.4, -0.2) is 41.6 Å². The third-order valence-corrected chi connectivity index (χ3v) is 4.33. The average Bonchev–Trinajstić information content (AvgIpc) is 3.09. The van der Waals surface area contributed by atoms with Crippen molar-refractivity contribution in [1.82, 2.24) is 14.8 Å². The summed E-state index contributed by atoms with van der Waals surface area (Å²) < 4.78 is 25.4. The van der Waals surface area contributed by atoms with E-state index in [1.165, 1.54) is 19.2 Å². The molecule has 3 rings (SSSR count). The Kier molecular flexibility index (Phi) is 5.96. The number of benzene rings is 2. The van der Waals surface area contributed by atoms with Gasteiger partial charge in [-0.2, -0.15) is 0 Å². The average molecular weight is 399 g/mol. The number of hydrogen-bond donors (Lipinski definition) is 1. The summed E-state index contributed by atoms with van der Waals surface area (Å²) in [6, 6.07) is 11.3. The van der Waals surface area contributed by atoms with Crippen molar-refractivity contribution in [1.29, 1.82) is 0 Å². The molecular formula is C20H22FN5O3. The molecule has 1 N–H and O–H groups in total. The molecule has 0 spiro atoms. The Labute approximate surface area is 167 Å². The number of halogens is 1. The van der Waals surface area contributed by atoms with Gasteiger partial charge in [-0.05, 0) is 43.3 Å². The van der Waals surface area contributed by atoms with Gasteiger partial charge in [0.2, 0.25) is 5.95 Å². The van der Waals surface area contributed by atoms with Crippen LogP contribution in [0.2, 0.25) is 0 Å². The normalized spacial score (nSPS) is 10.5. The number of anilines is 3. The van der Waals surface area contributed by atoms with Gasteiger partial charge in [0.25, 0.3) is 0 Å². The summed E-state index contributed by atoms with van der Waals surface area (Å²) in [4.78, 5) is 13.4. The second kappa shape index (κ2) is 8.59. The number of carbonyl (C=O) groups is 1. The predicted molar refractivity (Wildman–Crippen MR) is 108 cm³/mol. The number of methoxy groups -OCH3 is 1. The van der Waals surface area contributed by atoms with Crippen molar-refractivity contribution in [3.8, 4) is 17.1 Å². The maximum atomic E-state index is 13.2. The van der Waals surface area contributed by atoms with Gasteiger partial charge in [0, 0.05) is 31.5 Å². The van der Waals surface area contributed by atoms with Crippen LogP contribution in [0.1, 0.15) is 6.92 Å². The number of ether oxygens (including phenoxy) is 2. The highest BCUT2D eigenvalue weighted by Gasteiger charge is 2.19. The Morgan fingerprint density at radius 3 is 2.59 bits per heavy atom. The number of hydrogen-bond acceptors (Lipinski definition) is 6. The topological polar surface area (TPSA) is 81.5 Å². The lowest BCUT2D eigenvalue weighted by Crippen LogP contribution is -2.14. The monoisotopic (exact) mass is 399 g/mol. The number of rotatable bonds is 6. The van der Waals surface area contributed by atoms with E-state index in [4.69, 9.17) is 9.47 Å². The zero-order valence-electron chi connectivity index (χ0n) is 16.6. The molecule has 1 amide bonds. The minimum Gasteiger partial charge on any atom is -0.496 e. The van der Waals surface area contributed by atoms with E-state index in [-0.39, 0.29) is 12.4 Å². The number of nitrogens with one attached hydrogen (secondary N) is 1. The van der Waals surface area contributed by atoms with Crippen molar-refractivity contribution in [2.75, 3.05) is 31.0 Å². The van der Waals surface area contributed by atoms with Crippen molar-refractivity contribution in [2.24, 2.45) is 7.05 Å². The lowest BCUT2D eigenvalue weighted by atomic mass is 10.1. The minimum absolute atomic E-state index is 0.282. The smallest absolute Gasteiger partial charge is 0.411 e. The van der Waals surface area contributed by atoms with Crippen LogP contribution in [0.3, 0.4) is 0 Å². The maximum Gasteiger partial charge on any atom is 0.411 e. The molecule has 0 saturated heterocycles. The maximum absolute atomic E-state index is 13.2. The molecule has 152 valence electrons. The first-order valence-electron chi connectivity index (χ1n) is 8.95. The van der Waals surface area contributed by atoms with Crippen LogP contribution in [0.25, 0.3) is 11.4 Å². The van der Waals surface area contributed by atoms with Crippen LogP contribution in [0, 0.1) is 5.82 Å². The molecule has 0 fully saturated rings. The van der Waals surface area contributed by atoms with E-state index in [2.05, 4.69) is 15.5 Å². The van der Waals surface area contributed by atoms with Gasteiger partial charge in [0.05, 0.1) is 19.3 Å². The van der Waals surface area contributed by atoms with Gasteiger partial charge in [0.1, 0.15) is 11.6 Å². The molecule has 8 nitrogen and oxygen atoms in total. The van der Waals surface area contributed by atoms with Crippen molar-refractivity contribution in [3.05, 3.63) is 48.3 Å². The van der Waals surface area contributed by atoms with Crippen LogP contribution in [0.15, 0.2) is 42.5 Å². The molecule has 1 heterocycles. The Balaban J connectivity index is 1.91. The summed E-state index contributed by atoms with van der Waals surface area (Å²) >= 11 is 0. The fraction of sp³-hybridized carbons (Fsp3) is 0.250. The Hall–Kier alpha value is -3.62. The predicted octanol–water partition coefficient (Wildman–Crippen LogP) is 3.97. The summed E-state index contributed by atoms with van der Waals surface area (Å²) in [5.74, 6) is 1.36. The van der Waals surface area contributed by atoms with Crippen LogP contribution in [0.4, 0.5) is 26.5 Å². The summed E-state index contributed by atoms with van der Waals surface area (Å²) in [5.41, 5.74) is 2.01. The molecule has 0 bridgehead atoms. The van der Waals surface area contributed by atoms with E-state index >= 15 is 0 Å². The number of nitrogens with zero attached hydrogens (tertiary/aromatic N) is 4. The Bertz CT molecular complexity index is 1000. The molecule has 1 aromatic heterocycles. The van der Waals surface area contributed by atoms with Gasteiger partial charge < -0.3 is 14.4 Å². The summed E-state index contributed by atoms with van der Waals surface area (Å²) in [7, 11) is 5.19. The van der Waals surface area contributed by atoms with Gasteiger partial charge in [0.15, 0.2) is 5.82 Å².